The summed E-state index contributed by atoms with van der Waals surface area (Å²) in [6, 6.07) is 7.54. The predicted octanol–water partition coefficient (Wildman–Crippen LogP) is 3.49. The van der Waals surface area contributed by atoms with E-state index in [9.17, 15) is 14.4 Å². The van der Waals surface area contributed by atoms with E-state index >= 15 is 0 Å². The molecule has 3 aromatic heterocycles. The van der Waals surface area contributed by atoms with Crippen molar-refractivity contribution in [3.8, 4) is 0 Å². The predicted molar refractivity (Wildman–Crippen MR) is 162 cm³/mol. The maximum atomic E-state index is 14.0. The Kier molecular flexibility index (Phi) is 8.07. The summed E-state index contributed by atoms with van der Waals surface area (Å²) in [5.41, 5.74) is 0.783. The molecule has 0 spiro atoms. The number of rotatable bonds is 7. The van der Waals surface area contributed by atoms with Crippen molar-refractivity contribution in [3.63, 3.8) is 0 Å². The van der Waals surface area contributed by atoms with Crippen LogP contribution in [-0.2, 0) is 24.9 Å². The van der Waals surface area contributed by atoms with Crippen LogP contribution in [0.25, 0.3) is 22.1 Å². The van der Waals surface area contributed by atoms with Gasteiger partial charge in [-0.25, -0.2) is 19.6 Å². The Hall–Kier alpha value is -4.22. The summed E-state index contributed by atoms with van der Waals surface area (Å²) in [6.07, 6.45) is 2.94. The number of unbranched alkanes of at least 4 members (excludes halogenated alkanes) is 1. The lowest BCUT2D eigenvalue weighted by Gasteiger charge is -2.34. The van der Waals surface area contributed by atoms with E-state index in [1.807, 2.05) is 56.5 Å². The molecule has 1 aromatic carbocycles. The molecule has 42 heavy (non-hydrogen) atoms. The van der Waals surface area contributed by atoms with Gasteiger partial charge in [0, 0.05) is 43.8 Å². The monoisotopic (exact) mass is 576 g/mol. The molecule has 4 heterocycles. The second-order valence-corrected chi connectivity index (χ2v) is 12.0. The zero-order valence-electron chi connectivity index (χ0n) is 25.3. The van der Waals surface area contributed by atoms with E-state index in [-0.39, 0.29) is 12.6 Å². The SMILES string of the molecule is CCCCn1c(N2CCC[C@@H](NC(=O)OC(C)(C)C)C2)nc2c1c(=O)n(Cc1nc(C)c3ccccc3n1)c(=O)n2C. The number of para-hydroxylation sites is 1. The Morgan fingerprint density at radius 1 is 1.12 bits per heavy atom. The highest BCUT2D eigenvalue weighted by atomic mass is 16.6. The van der Waals surface area contributed by atoms with Crippen LogP contribution in [0, 0.1) is 6.92 Å². The van der Waals surface area contributed by atoms with Crippen molar-refractivity contribution < 1.29 is 9.53 Å². The van der Waals surface area contributed by atoms with Crippen molar-refractivity contribution in [2.45, 2.75) is 85.0 Å². The summed E-state index contributed by atoms with van der Waals surface area (Å²) in [5, 5.41) is 3.91. The van der Waals surface area contributed by atoms with Crippen molar-refractivity contribution in [2.75, 3.05) is 18.0 Å². The largest absolute Gasteiger partial charge is 0.444 e. The fourth-order valence-corrected chi connectivity index (χ4v) is 5.53. The number of hydrogen-bond acceptors (Lipinski definition) is 8. The van der Waals surface area contributed by atoms with Gasteiger partial charge in [0.2, 0.25) is 5.95 Å². The van der Waals surface area contributed by atoms with Gasteiger partial charge < -0.3 is 19.5 Å². The standard InChI is InChI=1S/C30H40N8O4/c1-7-8-16-37-24-25(34-27(37)36-15-11-12-20(17-36)32-28(40)42-30(3,4)5)35(6)29(41)38(26(24)39)18-23-31-19(2)21-13-9-10-14-22(21)33-23/h9-10,13-14,20H,7-8,11-12,15-18H2,1-6H3,(H,32,40)/t20-/m1/s1. The number of carbonyl (C=O) groups is 1. The fourth-order valence-electron chi connectivity index (χ4n) is 5.53. The first kappa shape index (κ1) is 29.3. The molecule has 5 rings (SSSR count). The van der Waals surface area contributed by atoms with Gasteiger partial charge in [-0.05, 0) is 53.0 Å². The van der Waals surface area contributed by atoms with Crippen molar-refractivity contribution in [1.29, 1.82) is 0 Å². The van der Waals surface area contributed by atoms with Crippen LogP contribution in [0.1, 0.15) is 64.9 Å². The molecule has 1 atom stereocenters. The summed E-state index contributed by atoms with van der Waals surface area (Å²) in [5.74, 6) is 1.02. The van der Waals surface area contributed by atoms with Crippen LogP contribution in [0.4, 0.5) is 10.7 Å². The van der Waals surface area contributed by atoms with Crippen molar-refractivity contribution in [1.82, 2.24) is 34.0 Å². The highest BCUT2D eigenvalue weighted by molar-refractivity contribution is 5.80. The highest BCUT2D eigenvalue weighted by Gasteiger charge is 2.29. The normalized spacial score (nSPS) is 15.9. The molecule has 0 radical (unpaired) electrons. The maximum absolute atomic E-state index is 14.0. The zero-order valence-corrected chi connectivity index (χ0v) is 25.3. The van der Waals surface area contributed by atoms with Crippen LogP contribution in [0.5, 0.6) is 0 Å². The number of fused-ring (bicyclic) bond motifs is 2. The second kappa shape index (κ2) is 11.6. The first-order valence-electron chi connectivity index (χ1n) is 14.6. The minimum Gasteiger partial charge on any atom is -0.444 e. The van der Waals surface area contributed by atoms with Gasteiger partial charge in [-0.1, -0.05) is 31.5 Å². The zero-order chi connectivity index (χ0) is 30.2. The van der Waals surface area contributed by atoms with Gasteiger partial charge in [-0.3, -0.25) is 13.9 Å². The van der Waals surface area contributed by atoms with Gasteiger partial charge in [0.25, 0.3) is 5.56 Å². The molecule has 1 N–H and O–H groups in total. The third kappa shape index (κ3) is 5.88. The lowest BCUT2D eigenvalue weighted by atomic mass is 10.1. The third-order valence-electron chi connectivity index (χ3n) is 7.51. The number of imidazole rings is 1. The van der Waals surface area contributed by atoms with E-state index in [2.05, 4.69) is 27.1 Å². The second-order valence-electron chi connectivity index (χ2n) is 12.0. The molecule has 1 aliphatic heterocycles. The maximum Gasteiger partial charge on any atom is 0.407 e. The topological polar surface area (TPSA) is 129 Å². The molecule has 4 aromatic rings. The Morgan fingerprint density at radius 2 is 1.88 bits per heavy atom. The summed E-state index contributed by atoms with van der Waals surface area (Å²) in [7, 11) is 1.64. The molecule has 0 saturated carbocycles. The molecule has 0 unspecified atom stereocenters. The quantitative estimate of drug-likeness (QED) is 0.354. The number of aryl methyl sites for hydroxylation is 3. The molecule has 1 fully saturated rings. The number of anilines is 1. The summed E-state index contributed by atoms with van der Waals surface area (Å²) >= 11 is 0. The minimum atomic E-state index is -0.589. The Morgan fingerprint density at radius 3 is 2.62 bits per heavy atom. The number of carbonyl (C=O) groups excluding carboxylic acids is 1. The van der Waals surface area contributed by atoms with E-state index in [1.165, 1.54) is 9.13 Å². The van der Waals surface area contributed by atoms with E-state index in [4.69, 9.17) is 9.72 Å². The molecule has 224 valence electrons. The number of amides is 1. The molecule has 1 saturated heterocycles. The first-order chi connectivity index (χ1) is 20.0. The molecule has 1 amide bonds. The molecular formula is C30H40N8O4. The van der Waals surface area contributed by atoms with E-state index < -0.39 is 22.9 Å². The van der Waals surface area contributed by atoms with E-state index in [0.717, 1.165) is 42.3 Å². The van der Waals surface area contributed by atoms with Crippen LogP contribution in [0.2, 0.25) is 0 Å². The number of ether oxygens (including phenoxy) is 1. The number of aromatic nitrogens is 6. The molecule has 0 bridgehead atoms. The Labute approximate surface area is 244 Å². The lowest BCUT2D eigenvalue weighted by Crippen LogP contribution is -2.49. The Balaban J connectivity index is 1.54. The van der Waals surface area contributed by atoms with Crippen LogP contribution < -0.4 is 21.5 Å². The number of benzene rings is 1. The van der Waals surface area contributed by atoms with Crippen LogP contribution in [-0.4, -0.2) is 59.5 Å². The minimum absolute atomic E-state index is 0.0486. The van der Waals surface area contributed by atoms with Crippen LogP contribution >= 0.6 is 0 Å². The highest BCUT2D eigenvalue weighted by Crippen LogP contribution is 2.24. The van der Waals surface area contributed by atoms with Crippen molar-refractivity contribution in [3.05, 3.63) is 56.6 Å². The average Bonchev–Trinajstić information content (AvgIpc) is 3.32. The molecule has 0 aliphatic carbocycles. The smallest absolute Gasteiger partial charge is 0.407 e. The third-order valence-corrected chi connectivity index (χ3v) is 7.51. The molecule has 12 heteroatoms. The number of nitrogens with one attached hydrogen (secondary N) is 1. The lowest BCUT2D eigenvalue weighted by molar-refractivity contribution is 0.0499. The van der Waals surface area contributed by atoms with Crippen molar-refractivity contribution in [2.24, 2.45) is 7.05 Å². The molecule has 12 nitrogen and oxygen atoms in total. The Bertz CT molecular complexity index is 1750. The van der Waals surface area contributed by atoms with Gasteiger partial charge >= 0.3 is 11.8 Å². The van der Waals surface area contributed by atoms with Crippen LogP contribution in [0.15, 0.2) is 33.9 Å². The summed E-state index contributed by atoms with van der Waals surface area (Å²) in [4.78, 5) is 56.2. The van der Waals surface area contributed by atoms with Crippen LogP contribution in [0.3, 0.4) is 0 Å². The molecule has 1 aliphatic rings. The number of hydrogen-bond donors (Lipinski definition) is 1. The van der Waals surface area contributed by atoms with Gasteiger partial charge in [0.05, 0.1) is 12.1 Å². The fraction of sp³-hybridized carbons (Fsp3) is 0.533. The van der Waals surface area contributed by atoms with Crippen molar-refractivity contribution >= 4 is 34.1 Å². The molecular weight excluding hydrogens is 536 g/mol. The number of alkyl carbamates (subject to hydrolysis) is 1. The van der Waals surface area contributed by atoms with Gasteiger partial charge in [0.1, 0.15) is 11.4 Å². The van der Waals surface area contributed by atoms with Gasteiger partial charge in [-0.15, -0.1) is 0 Å². The first-order valence-corrected chi connectivity index (χ1v) is 14.6. The van der Waals surface area contributed by atoms with Gasteiger partial charge in [0.15, 0.2) is 11.2 Å². The number of nitrogens with zero attached hydrogens (tertiary/aromatic N) is 7. The van der Waals surface area contributed by atoms with E-state index in [0.29, 0.717) is 42.6 Å². The summed E-state index contributed by atoms with van der Waals surface area (Å²) in [6.45, 7) is 11.2. The van der Waals surface area contributed by atoms with Gasteiger partial charge in [-0.2, -0.15) is 4.98 Å². The van der Waals surface area contributed by atoms with E-state index in [1.54, 1.807) is 7.05 Å². The number of piperidine rings is 1. The average molecular weight is 577 g/mol. The summed E-state index contributed by atoms with van der Waals surface area (Å²) < 4.78 is 10.0.